The van der Waals surface area contributed by atoms with E-state index >= 15 is 0 Å². The van der Waals surface area contributed by atoms with Crippen molar-refractivity contribution < 1.29 is 14.7 Å². The van der Waals surface area contributed by atoms with Crippen LogP contribution in [-0.4, -0.2) is 45.5 Å². The number of pyridine rings is 1. The van der Waals surface area contributed by atoms with E-state index in [9.17, 15) is 19.5 Å². The van der Waals surface area contributed by atoms with Gasteiger partial charge >= 0.3 is 0 Å². The van der Waals surface area contributed by atoms with Crippen LogP contribution in [0.1, 0.15) is 16.8 Å². The summed E-state index contributed by atoms with van der Waals surface area (Å²) in [6.45, 7) is 0.000768. The molecular weight excluding hydrogens is 238 g/mol. The van der Waals surface area contributed by atoms with Crippen molar-refractivity contribution in [1.82, 2.24) is 9.88 Å². The number of hydrogen-bond donors (Lipinski definition) is 3. The van der Waals surface area contributed by atoms with Crippen molar-refractivity contribution in [2.75, 3.05) is 6.54 Å². The maximum absolute atomic E-state index is 12.1. The number of carbonyl (C=O) groups is 2. The van der Waals surface area contributed by atoms with Gasteiger partial charge in [0.05, 0.1) is 6.10 Å². The molecule has 1 aliphatic rings. The maximum Gasteiger partial charge on any atom is 0.260 e. The minimum absolute atomic E-state index is 0.000768. The molecule has 1 aromatic rings. The summed E-state index contributed by atoms with van der Waals surface area (Å²) < 4.78 is 0. The Bertz CT molecular complexity index is 539. The van der Waals surface area contributed by atoms with Gasteiger partial charge in [-0.25, -0.2) is 0 Å². The summed E-state index contributed by atoms with van der Waals surface area (Å²) in [6, 6.07) is 0.353. The first kappa shape index (κ1) is 12.3. The highest BCUT2D eigenvalue weighted by Crippen LogP contribution is 2.19. The van der Waals surface area contributed by atoms with Gasteiger partial charge in [0.15, 0.2) is 5.43 Å². The molecule has 2 unspecified atom stereocenters. The summed E-state index contributed by atoms with van der Waals surface area (Å²) in [6.07, 6.45) is 1.98. The molecule has 7 heteroatoms. The fraction of sp³-hybridized carbons (Fsp3) is 0.364. The van der Waals surface area contributed by atoms with Gasteiger partial charge in [-0.05, 0) is 0 Å². The minimum atomic E-state index is -0.868. The van der Waals surface area contributed by atoms with E-state index in [2.05, 4.69) is 4.98 Å². The number of rotatable bonds is 2. The SMILES string of the molecule is NC(=O)C1CC(O)CN1C(=O)c1c[nH]ccc1=O. The molecule has 0 saturated carbocycles. The van der Waals surface area contributed by atoms with Crippen LogP contribution < -0.4 is 11.2 Å². The molecule has 2 atom stereocenters. The molecule has 1 aliphatic heterocycles. The van der Waals surface area contributed by atoms with Crippen LogP contribution in [0.3, 0.4) is 0 Å². The number of β-amino-alcohol motifs (C(OH)–C–C–N with tert-alkyl or cyclic N) is 1. The second-order valence-corrected chi connectivity index (χ2v) is 4.19. The second-order valence-electron chi connectivity index (χ2n) is 4.19. The first-order valence-electron chi connectivity index (χ1n) is 5.46. The van der Waals surface area contributed by atoms with E-state index in [0.717, 1.165) is 4.90 Å². The number of nitrogens with two attached hydrogens (primary N) is 1. The van der Waals surface area contributed by atoms with Crippen molar-refractivity contribution in [3.05, 3.63) is 34.2 Å². The van der Waals surface area contributed by atoms with Crippen molar-refractivity contribution in [3.63, 3.8) is 0 Å². The topological polar surface area (TPSA) is 116 Å². The zero-order chi connectivity index (χ0) is 13.3. The van der Waals surface area contributed by atoms with Gasteiger partial charge in [-0.2, -0.15) is 0 Å². The molecule has 1 fully saturated rings. The van der Waals surface area contributed by atoms with Gasteiger partial charge < -0.3 is 20.7 Å². The first-order chi connectivity index (χ1) is 8.50. The number of primary amides is 1. The zero-order valence-corrected chi connectivity index (χ0v) is 9.50. The highest BCUT2D eigenvalue weighted by Gasteiger charge is 2.38. The number of H-pyrrole nitrogens is 1. The third-order valence-electron chi connectivity index (χ3n) is 2.92. The Kier molecular flexibility index (Phi) is 3.15. The van der Waals surface area contributed by atoms with Crippen molar-refractivity contribution in [3.8, 4) is 0 Å². The number of aromatic nitrogens is 1. The van der Waals surface area contributed by atoms with E-state index in [4.69, 9.17) is 5.73 Å². The Balaban J connectivity index is 2.31. The van der Waals surface area contributed by atoms with E-state index in [1.165, 1.54) is 18.5 Å². The van der Waals surface area contributed by atoms with E-state index in [1.54, 1.807) is 0 Å². The quantitative estimate of drug-likeness (QED) is 0.589. The van der Waals surface area contributed by atoms with Crippen LogP contribution in [0.25, 0.3) is 0 Å². The van der Waals surface area contributed by atoms with Crippen LogP contribution in [0.4, 0.5) is 0 Å². The van der Waals surface area contributed by atoms with Gasteiger partial charge in [0.1, 0.15) is 11.6 Å². The molecule has 0 bridgehead atoms. The molecule has 0 radical (unpaired) electrons. The lowest BCUT2D eigenvalue weighted by Gasteiger charge is -2.21. The van der Waals surface area contributed by atoms with Crippen LogP contribution in [-0.2, 0) is 4.79 Å². The normalized spacial score (nSPS) is 23.1. The van der Waals surface area contributed by atoms with Crippen molar-refractivity contribution in [2.45, 2.75) is 18.6 Å². The number of aliphatic hydroxyl groups is 1. The van der Waals surface area contributed by atoms with E-state index < -0.39 is 29.4 Å². The molecule has 18 heavy (non-hydrogen) atoms. The predicted molar refractivity (Wildman–Crippen MR) is 61.7 cm³/mol. The van der Waals surface area contributed by atoms with Gasteiger partial charge in [0, 0.05) is 31.4 Å². The Labute approximate surface area is 102 Å². The Morgan fingerprint density at radius 2 is 2.22 bits per heavy atom. The number of carbonyl (C=O) groups excluding carboxylic acids is 2. The molecule has 1 saturated heterocycles. The third-order valence-corrected chi connectivity index (χ3v) is 2.92. The summed E-state index contributed by atoms with van der Waals surface area (Å²) in [5.74, 6) is -1.29. The highest BCUT2D eigenvalue weighted by molar-refractivity contribution is 5.97. The van der Waals surface area contributed by atoms with Crippen LogP contribution in [0.15, 0.2) is 23.3 Å². The fourth-order valence-electron chi connectivity index (χ4n) is 2.05. The predicted octanol–water partition coefficient (Wildman–Crippen LogP) is -1.56. The molecule has 4 N–H and O–H groups in total. The van der Waals surface area contributed by atoms with Crippen molar-refractivity contribution >= 4 is 11.8 Å². The average molecular weight is 251 g/mol. The Morgan fingerprint density at radius 1 is 1.50 bits per heavy atom. The molecule has 7 nitrogen and oxygen atoms in total. The maximum atomic E-state index is 12.1. The molecule has 0 aromatic carbocycles. The van der Waals surface area contributed by atoms with E-state index in [0.29, 0.717) is 0 Å². The summed E-state index contributed by atoms with van der Waals surface area (Å²) >= 11 is 0. The van der Waals surface area contributed by atoms with Crippen molar-refractivity contribution in [1.29, 1.82) is 0 Å². The molecule has 0 spiro atoms. The van der Waals surface area contributed by atoms with Crippen LogP contribution in [0.2, 0.25) is 0 Å². The lowest BCUT2D eigenvalue weighted by atomic mass is 10.1. The molecular formula is C11H13N3O4. The largest absolute Gasteiger partial charge is 0.391 e. The number of hydrogen-bond acceptors (Lipinski definition) is 4. The molecule has 2 rings (SSSR count). The molecule has 96 valence electrons. The lowest BCUT2D eigenvalue weighted by molar-refractivity contribution is -0.121. The van der Waals surface area contributed by atoms with Gasteiger partial charge in [0.25, 0.3) is 5.91 Å². The number of aliphatic hydroxyl groups excluding tert-OH is 1. The smallest absolute Gasteiger partial charge is 0.260 e. The Morgan fingerprint density at radius 3 is 2.83 bits per heavy atom. The summed E-state index contributed by atoms with van der Waals surface area (Å²) in [4.78, 5) is 38.6. The monoisotopic (exact) mass is 251 g/mol. The molecule has 2 amide bonds. The molecule has 1 aromatic heterocycles. The standard InChI is InChI=1S/C11H13N3O4/c12-10(17)8-3-6(15)5-14(8)11(18)7-4-13-2-1-9(7)16/h1-2,4,6,8,15H,3,5H2,(H2,12,17)(H,13,16). The van der Waals surface area contributed by atoms with Crippen LogP contribution in [0, 0.1) is 0 Å². The number of likely N-dealkylation sites (tertiary alicyclic amines) is 1. The fourth-order valence-corrected chi connectivity index (χ4v) is 2.05. The summed E-state index contributed by atoms with van der Waals surface area (Å²) in [5.41, 5.74) is 4.66. The van der Waals surface area contributed by atoms with Gasteiger partial charge in [0.2, 0.25) is 5.91 Å². The highest BCUT2D eigenvalue weighted by atomic mass is 16.3. The summed E-state index contributed by atoms with van der Waals surface area (Å²) in [5, 5.41) is 9.50. The van der Waals surface area contributed by atoms with E-state index in [1.807, 2.05) is 0 Å². The zero-order valence-electron chi connectivity index (χ0n) is 9.50. The minimum Gasteiger partial charge on any atom is -0.391 e. The molecule has 2 heterocycles. The number of nitrogens with zero attached hydrogens (tertiary/aromatic N) is 1. The van der Waals surface area contributed by atoms with Gasteiger partial charge in [-0.1, -0.05) is 0 Å². The van der Waals surface area contributed by atoms with Crippen molar-refractivity contribution in [2.24, 2.45) is 5.73 Å². The second kappa shape index (κ2) is 4.61. The van der Waals surface area contributed by atoms with Gasteiger partial charge in [-0.15, -0.1) is 0 Å². The molecule has 0 aliphatic carbocycles. The summed E-state index contributed by atoms with van der Waals surface area (Å²) in [7, 11) is 0. The van der Waals surface area contributed by atoms with E-state index in [-0.39, 0.29) is 18.5 Å². The first-order valence-corrected chi connectivity index (χ1v) is 5.46. The number of amides is 2. The van der Waals surface area contributed by atoms with Crippen LogP contribution >= 0.6 is 0 Å². The number of aromatic amines is 1. The average Bonchev–Trinajstić information content (AvgIpc) is 2.71. The number of nitrogens with one attached hydrogen (secondary N) is 1. The lowest BCUT2D eigenvalue weighted by Crippen LogP contribution is -2.44. The Hall–Kier alpha value is -2.15. The van der Waals surface area contributed by atoms with Gasteiger partial charge in [-0.3, -0.25) is 14.4 Å². The third kappa shape index (κ3) is 2.12. The van der Waals surface area contributed by atoms with Crippen LogP contribution in [0.5, 0.6) is 0 Å².